The highest BCUT2D eigenvalue weighted by Crippen LogP contribution is 2.28. The van der Waals surface area contributed by atoms with Crippen LogP contribution in [0.3, 0.4) is 0 Å². The van der Waals surface area contributed by atoms with Gasteiger partial charge in [0.25, 0.3) is 0 Å². The molecule has 0 aliphatic heterocycles. The Labute approximate surface area is 119 Å². The molecule has 0 amide bonds. The monoisotopic (exact) mass is 326 g/mol. The number of benzene rings is 1. The fourth-order valence-electron chi connectivity index (χ4n) is 1.65. The van der Waals surface area contributed by atoms with E-state index >= 15 is 0 Å². The number of aromatic nitrogens is 1. The summed E-state index contributed by atoms with van der Waals surface area (Å²) in [4.78, 5) is 4.25. The average molecular weight is 327 g/mol. The van der Waals surface area contributed by atoms with Gasteiger partial charge < -0.3 is 10.1 Å². The zero-order valence-electron chi connectivity index (χ0n) is 10.3. The fourth-order valence-corrected chi connectivity index (χ4v) is 2.78. The molecular weight excluding hydrogens is 312 g/mol. The largest absolute Gasteiger partial charge is 0.496 e. The first-order chi connectivity index (χ1) is 8.70. The fraction of sp³-hybridized carbons (Fsp3) is 0.308. The molecule has 2 rings (SSSR count). The summed E-state index contributed by atoms with van der Waals surface area (Å²) in [5, 5.41) is 6.55. The van der Waals surface area contributed by atoms with Crippen LogP contribution >= 0.6 is 27.3 Å². The van der Waals surface area contributed by atoms with Crippen LogP contribution in [-0.4, -0.2) is 12.1 Å². The van der Waals surface area contributed by atoms with Crippen LogP contribution in [0.25, 0.3) is 0 Å². The van der Waals surface area contributed by atoms with Gasteiger partial charge in [-0.05, 0) is 40.5 Å². The van der Waals surface area contributed by atoms with Gasteiger partial charge >= 0.3 is 0 Å². The number of methoxy groups -OCH3 is 1. The molecule has 0 fully saturated rings. The van der Waals surface area contributed by atoms with E-state index in [9.17, 15) is 0 Å². The van der Waals surface area contributed by atoms with Crippen LogP contribution in [0, 0.1) is 0 Å². The van der Waals surface area contributed by atoms with E-state index < -0.39 is 0 Å². The number of nitrogens with zero attached hydrogens (tertiary/aromatic N) is 1. The Hall–Kier alpha value is -0.910. The Bertz CT molecular complexity index is 502. The lowest BCUT2D eigenvalue weighted by Gasteiger charge is -2.14. The van der Waals surface area contributed by atoms with Crippen LogP contribution in [0.1, 0.15) is 23.5 Å². The number of rotatable bonds is 5. The van der Waals surface area contributed by atoms with Crippen LogP contribution < -0.4 is 10.1 Å². The van der Waals surface area contributed by atoms with Crippen molar-refractivity contribution in [2.75, 3.05) is 7.11 Å². The summed E-state index contributed by atoms with van der Waals surface area (Å²) in [7, 11) is 1.67. The summed E-state index contributed by atoms with van der Waals surface area (Å²) in [5.74, 6) is 0.853. The molecule has 0 aliphatic carbocycles. The minimum atomic E-state index is 0.274. The van der Waals surface area contributed by atoms with E-state index in [2.05, 4.69) is 45.3 Å². The van der Waals surface area contributed by atoms with Crippen LogP contribution in [-0.2, 0) is 6.54 Å². The topological polar surface area (TPSA) is 34.1 Å². The lowest BCUT2D eigenvalue weighted by molar-refractivity contribution is 0.411. The highest BCUT2D eigenvalue weighted by Gasteiger charge is 2.08. The van der Waals surface area contributed by atoms with Gasteiger partial charge in [-0.2, -0.15) is 0 Å². The van der Waals surface area contributed by atoms with Crippen LogP contribution in [0.4, 0.5) is 0 Å². The lowest BCUT2D eigenvalue weighted by Crippen LogP contribution is -2.17. The first-order valence-electron chi connectivity index (χ1n) is 5.66. The molecule has 2 aromatic rings. The van der Waals surface area contributed by atoms with Gasteiger partial charge in [-0.15, -0.1) is 11.3 Å². The Morgan fingerprint density at radius 3 is 2.94 bits per heavy atom. The second-order valence-corrected chi connectivity index (χ2v) is 5.76. The summed E-state index contributed by atoms with van der Waals surface area (Å²) >= 11 is 5.17. The maximum absolute atomic E-state index is 5.22. The van der Waals surface area contributed by atoms with Crippen molar-refractivity contribution in [1.82, 2.24) is 10.3 Å². The molecule has 3 nitrogen and oxygen atoms in total. The van der Waals surface area contributed by atoms with Gasteiger partial charge in [0.2, 0.25) is 0 Å². The summed E-state index contributed by atoms with van der Waals surface area (Å²) in [5.41, 5.74) is 1.22. The molecule has 1 N–H and O–H groups in total. The molecule has 1 aromatic carbocycles. The first kappa shape index (κ1) is 13.5. The molecule has 0 bridgehead atoms. The Morgan fingerprint density at radius 2 is 2.33 bits per heavy atom. The third-order valence-corrected chi connectivity index (χ3v) is 4.12. The smallest absolute Gasteiger partial charge is 0.133 e. The zero-order chi connectivity index (χ0) is 13.0. The first-order valence-corrected chi connectivity index (χ1v) is 7.33. The molecule has 0 saturated heterocycles. The van der Waals surface area contributed by atoms with Gasteiger partial charge in [-0.1, -0.05) is 6.07 Å². The van der Waals surface area contributed by atoms with Crippen molar-refractivity contribution in [3.8, 4) is 5.75 Å². The normalized spacial score (nSPS) is 12.4. The van der Waals surface area contributed by atoms with Crippen molar-refractivity contribution >= 4 is 27.3 Å². The minimum absolute atomic E-state index is 0.274. The van der Waals surface area contributed by atoms with Crippen LogP contribution in [0.2, 0.25) is 0 Å². The molecule has 5 heteroatoms. The highest BCUT2D eigenvalue weighted by atomic mass is 79.9. The average Bonchev–Trinajstić information content (AvgIpc) is 2.89. The van der Waals surface area contributed by atoms with Gasteiger partial charge in [0.05, 0.1) is 11.6 Å². The SMILES string of the molecule is COc1ccc(C(C)NCc2nccs2)cc1Br. The minimum Gasteiger partial charge on any atom is -0.496 e. The van der Waals surface area contributed by atoms with Crippen LogP contribution in [0.15, 0.2) is 34.2 Å². The van der Waals surface area contributed by atoms with Crippen molar-refractivity contribution in [2.24, 2.45) is 0 Å². The van der Waals surface area contributed by atoms with Gasteiger partial charge in [0, 0.05) is 24.2 Å². The number of hydrogen-bond acceptors (Lipinski definition) is 4. The predicted molar refractivity (Wildman–Crippen MR) is 78.1 cm³/mol. The van der Waals surface area contributed by atoms with Gasteiger partial charge in [0.1, 0.15) is 10.8 Å². The van der Waals surface area contributed by atoms with Crippen molar-refractivity contribution in [3.63, 3.8) is 0 Å². The molecule has 1 aromatic heterocycles. The van der Waals surface area contributed by atoms with E-state index in [1.807, 2.05) is 17.6 Å². The summed E-state index contributed by atoms with van der Waals surface area (Å²) < 4.78 is 6.20. The molecule has 96 valence electrons. The Morgan fingerprint density at radius 1 is 1.50 bits per heavy atom. The van der Waals surface area contributed by atoms with E-state index in [0.717, 1.165) is 21.8 Å². The predicted octanol–water partition coefficient (Wildman–Crippen LogP) is 3.77. The molecule has 1 unspecified atom stereocenters. The number of hydrogen-bond donors (Lipinski definition) is 1. The number of thiazole rings is 1. The number of ether oxygens (including phenoxy) is 1. The second kappa shape index (κ2) is 6.31. The molecule has 0 saturated carbocycles. The van der Waals surface area contributed by atoms with Crippen molar-refractivity contribution in [2.45, 2.75) is 19.5 Å². The highest BCUT2D eigenvalue weighted by molar-refractivity contribution is 9.10. The van der Waals surface area contributed by atoms with Gasteiger partial charge in [-0.25, -0.2) is 4.98 Å². The molecule has 1 atom stereocenters. The second-order valence-electron chi connectivity index (χ2n) is 3.92. The molecule has 1 heterocycles. The Balaban J connectivity index is 2.00. The quantitative estimate of drug-likeness (QED) is 0.908. The Kier molecular flexibility index (Phi) is 4.74. The maximum Gasteiger partial charge on any atom is 0.133 e. The van der Waals surface area contributed by atoms with Gasteiger partial charge in [-0.3, -0.25) is 0 Å². The number of nitrogens with one attached hydrogen (secondary N) is 1. The molecule has 18 heavy (non-hydrogen) atoms. The summed E-state index contributed by atoms with van der Waals surface area (Å²) in [6, 6.07) is 6.40. The van der Waals surface area contributed by atoms with E-state index in [1.54, 1.807) is 18.4 Å². The molecule has 0 spiro atoms. The third-order valence-electron chi connectivity index (χ3n) is 2.72. The van der Waals surface area contributed by atoms with E-state index in [0.29, 0.717) is 0 Å². The molecular formula is C13H15BrN2OS. The van der Waals surface area contributed by atoms with E-state index in [1.165, 1.54) is 5.56 Å². The third kappa shape index (κ3) is 3.31. The van der Waals surface area contributed by atoms with Crippen molar-refractivity contribution in [3.05, 3.63) is 44.8 Å². The molecule has 0 aliphatic rings. The van der Waals surface area contributed by atoms with Crippen molar-refractivity contribution in [1.29, 1.82) is 0 Å². The zero-order valence-corrected chi connectivity index (χ0v) is 12.7. The van der Waals surface area contributed by atoms with E-state index in [-0.39, 0.29) is 6.04 Å². The summed E-state index contributed by atoms with van der Waals surface area (Å²) in [6.45, 7) is 2.93. The van der Waals surface area contributed by atoms with E-state index in [4.69, 9.17) is 4.74 Å². The van der Waals surface area contributed by atoms with Gasteiger partial charge in [0.15, 0.2) is 0 Å². The standard InChI is InChI=1S/C13H15BrN2OS/c1-9(16-8-13-15-5-6-18-13)10-3-4-12(17-2)11(14)7-10/h3-7,9,16H,8H2,1-2H3. The molecule has 0 radical (unpaired) electrons. The summed E-state index contributed by atoms with van der Waals surface area (Å²) in [6.07, 6.45) is 1.83. The number of halogens is 1. The lowest BCUT2D eigenvalue weighted by atomic mass is 10.1. The maximum atomic E-state index is 5.22. The van der Waals surface area contributed by atoms with Crippen molar-refractivity contribution < 1.29 is 4.74 Å². The van der Waals surface area contributed by atoms with Crippen LogP contribution in [0.5, 0.6) is 5.75 Å².